The second-order valence-electron chi connectivity index (χ2n) is 5.44. The Bertz CT molecular complexity index is 710. The second kappa shape index (κ2) is 11.3. The molecule has 1 unspecified atom stereocenters. The van der Waals surface area contributed by atoms with Gasteiger partial charge in [-0.3, -0.25) is 0 Å². The van der Waals surface area contributed by atoms with Crippen LogP contribution in [0.1, 0.15) is 24.5 Å². The van der Waals surface area contributed by atoms with E-state index in [1.807, 2.05) is 44.2 Å². The Morgan fingerprint density at radius 1 is 1.26 bits per heavy atom. The lowest BCUT2D eigenvalue weighted by molar-refractivity contribution is -0.140. The number of benzene rings is 1. The van der Waals surface area contributed by atoms with Crippen LogP contribution >= 0.6 is 35.3 Å². The summed E-state index contributed by atoms with van der Waals surface area (Å²) >= 11 is 0.944. The third-order valence-corrected chi connectivity index (χ3v) is 4.03. The average Bonchev–Trinajstić information content (AvgIpc) is 3.08. The van der Waals surface area contributed by atoms with Gasteiger partial charge in [-0.15, -0.1) is 35.3 Å². The van der Waals surface area contributed by atoms with Crippen molar-refractivity contribution in [1.29, 1.82) is 0 Å². The monoisotopic (exact) mass is 514 g/mol. The van der Waals surface area contributed by atoms with Crippen molar-refractivity contribution in [2.45, 2.75) is 32.7 Å². The standard InChI is InChI=1S/C17H21F3N4OS.HI/c1-3-21-16(22-9-12(2)25-13-7-5-4-6-8-13)23-10-15-24-14(11-26-15)17(18,19)20;/h4-8,11-12H,3,9-10H2,1-2H3,(H2,21,22,23);1H. The van der Waals surface area contributed by atoms with E-state index in [4.69, 9.17) is 4.74 Å². The van der Waals surface area contributed by atoms with Crippen molar-refractivity contribution in [2.75, 3.05) is 13.1 Å². The van der Waals surface area contributed by atoms with Crippen LogP contribution in [0.25, 0.3) is 0 Å². The number of rotatable bonds is 7. The summed E-state index contributed by atoms with van der Waals surface area (Å²) in [6.07, 6.45) is -4.54. The third kappa shape index (κ3) is 8.33. The number of guanidine groups is 1. The summed E-state index contributed by atoms with van der Waals surface area (Å²) < 4.78 is 43.5. The molecule has 0 saturated heterocycles. The first-order valence-corrected chi connectivity index (χ1v) is 9.02. The van der Waals surface area contributed by atoms with Crippen molar-refractivity contribution in [3.8, 4) is 5.75 Å². The number of halogens is 4. The highest BCUT2D eigenvalue weighted by atomic mass is 127. The molecule has 0 fully saturated rings. The van der Waals surface area contributed by atoms with Gasteiger partial charge in [-0.2, -0.15) is 13.2 Å². The van der Waals surface area contributed by atoms with Gasteiger partial charge in [-0.1, -0.05) is 18.2 Å². The quantitative estimate of drug-likeness (QED) is 0.329. The molecule has 27 heavy (non-hydrogen) atoms. The largest absolute Gasteiger partial charge is 0.489 e. The molecular weight excluding hydrogens is 492 g/mol. The first kappa shape index (κ1) is 23.5. The number of aromatic nitrogens is 1. The molecule has 0 bridgehead atoms. The van der Waals surface area contributed by atoms with Crippen LogP contribution < -0.4 is 15.4 Å². The minimum Gasteiger partial charge on any atom is -0.489 e. The molecule has 1 aromatic carbocycles. The molecule has 0 aliphatic carbocycles. The van der Waals surface area contributed by atoms with E-state index in [-0.39, 0.29) is 36.6 Å². The molecule has 0 spiro atoms. The fourth-order valence-electron chi connectivity index (χ4n) is 2.02. The van der Waals surface area contributed by atoms with Gasteiger partial charge >= 0.3 is 6.18 Å². The van der Waals surface area contributed by atoms with Gasteiger partial charge < -0.3 is 15.4 Å². The molecule has 2 N–H and O–H groups in total. The minimum atomic E-state index is -4.43. The number of nitrogens with zero attached hydrogens (tertiary/aromatic N) is 2. The van der Waals surface area contributed by atoms with E-state index >= 15 is 0 Å². The summed E-state index contributed by atoms with van der Waals surface area (Å²) in [7, 11) is 0. The van der Waals surface area contributed by atoms with E-state index in [1.54, 1.807) is 0 Å². The molecule has 2 rings (SSSR count). The van der Waals surface area contributed by atoms with E-state index in [9.17, 15) is 13.2 Å². The molecule has 1 aromatic heterocycles. The van der Waals surface area contributed by atoms with Crippen molar-refractivity contribution in [3.63, 3.8) is 0 Å². The van der Waals surface area contributed by atoms with Crippen molar-refractivity contribution in [1.82, 2.24) is 15.6 Å². The van der Waals surface area contributed by atoms with Crippen LogP contribution in [0.2, 0.25) is 0 Å². The summed E-state index contributed by atoms with van der Waals surface area (Å²) in [6, 6.07) is 9.44. The maximum absolute atomic E-state index is 12.6. The fourth-order valence-corrected chi connectivity index (χ4v) is 2.74. The highest BCUT2D eigenvalue weighted by Crippen LogP contribution is 2.30. The number of hydrogen-bond acceptors (Lipinski definition) is 4. The van der Waals surface area contributed by atoms with Crippen LogP contribution in [-0.2, 0) is 12.7 Å². The van der Waals surface area contributed by atoms with Crippen LogP contribution in [0, 0.1) is 0 Å². The first-order valence-electron chi connectivity index (χ1n) is 8.14. The molecule has 150 valence electrons. The third-order valence-electron chi connectivity index (χ3n) is 3.20. The molecule has 0 aliphatic heterocycles. The van der Waals surface area contributed by atoms with Gasteiger partial charge in [0.1, 0.15) is 16.9 Å². The number of alkyl halides is 3. The highest BCUT2D eigenvalue weighted by molar-refractivity contribution is 14.0. The number of nitrogens with one attached hydrogen (secondary N) is 2. The molecule has 0 amide bonds. The lowest BCUT2D eigenvalue weighted by Gasteiger charge is -2.17. The average molecular weight is 514 g/mol. The summed E-state index contributed by atoms with van der Waals surface area (Å²) in [6.45, 7) is 5.02. The normalized spacial score (nSPS) is 12.9. The van der Waals surface area contributed by atoms with Crippen molar-refractivity contribution < 1.29 is 17.9 Å². The molecular formula is C17H22F3IN4OS. The number of aliphatic imine (C=N–C) groups is 1. The van der Waals surface area contributed by atoms with Crippen molar-refractivity contribution in [3.05, 3.63) is 46.4 Å². The topological polar surface area (TPSA) is 58.5 Å². The molecule has 1 atom stereocenters. The van der Waals surface area contributed by atoms with Gasteiger partial charge in [-0.25, -0.2) is 9.98 Å². The number of hydrogen-bond donors (Lipinski definition) is 2. The Morgan fingerprint density at radius 2 is 1.96 bits per heavy atom. The van der Waals surface area contributed by atoms with Gasteiger partial charge in [0.2, 0.25) is 0 Å². The Hall–Kier alpha value is -1.56. The maximum atomic E-state index is 12.6. The second-order valence-corrected chi connectivity index (χ2v) is 6.38. The van der Waals surface area contributed by atoms with Gasteiger partial charge in [0, 0.05) is 11.9 Å². The highest BCUT2D eigenvalue weighted by Gasteiger charge is 2.33. The Balaban J connectivity index is 0.00000364. The van der Waals surface area contributed by atoms with Gasteiger partial charge in [0.25, 0.3) is 0 Å². The van der Waals surface area contributed by atoms with Crippen LogP contribution in [0.4, 0.5) is 13.2 Å². The van der Waals surface area contributed by atoms with Crippen molar-refractivity contribution in [2.24, 2.45) is 4.99 Å². The summed E-state index contributed by atoms with van der Waals surface area (Å²) in [5, 5.41) is 7.47. The van der Waals surface area contributed by atoms with E-state index in [0.717, 1.165) is 22.5 Å². The molecule has 10 heteroatoms. The Kier molecular flexibility index (Phi) is 9.84. The minimum absolute atomic E-state index is 0. The smallest absolute Gasteiger partial charge is 0.434 e. The Labute approximate surface area is 177 Å². The number of para-hydroxylation sites is 1. The Morgan fingerprint density at radius 3 is 2.56 bits per heavy atom. The maximum Gasteiger partial charge on any atom is 0.434 e. The zero-order valence-electron chi connectivity index (χ0n) is 14.9. The van der Waals surface area contributed by atoms with E-state index < -0.39 is 11.9 Å². The molecule has 2 aromatic rings. The fraction of sp³-hybridized carbons (Fsp3) is 0.412. The predicted molar refractivity (Wildman–Crippen MR) is 112 cm³/mol. The molecule has 0 radical (unpaired) electrons. The summed E-state index contributed by atoms with van der Waals surface area (Å²) in [5.41, 5.74) is -0.879. The lowest BCUT2D eigenvalue weighted by Crippen LogP contribution is -2.41. The van der Waals surface area contributed by atoms with E-state index in [0.29, 0.717) is 24.1 Å². The predicted octanol–water partition coefficient (Wildman–Crippen LogP) is 4.30. The van der Waals surface area contributed by atoms with Crippen molar-refractivity contribution >= 4 is 41.3 Å². The number of ether oxygens (including phenoxy) is 1. The zero-order chi connectivity index (χ0) is 19.0. The summed E-state index contributed by atoms with van der Waals surface area (Å²) in [5.74, 6) is 1.27. The van der Waals surface area contributed by atoms with Crippen LogP contribution in [0.3, 0.4) is 0 Å². The summed E-state index contributed by atoms with van der Waals surface area (Å²) in [4.78, 5) is 7.85. The molecule has 0 saturated carbocycles. The molecule has 0 aliphatic rings. The van der Waals surface area contributed by atoms with Gasteiger partial charge in [0.15, 0.2) is 11.7 Å². The molecule has 5 nitrogen and oxygen atoms in total. The zero-order valence-corrected chi connectivity index (χ0v) is 18.1. The first-order chi connectivity index (χ1) is 12.4. The van der Waals surface area contributed by atoms with E-state index in [1.165, 1.54) is 0 Å². The van der Waals surface area contributed by atoms with E-state index in [2.05, 4.69) is 20.6 Å². The lowest BCUT2D eigenvalue weighted by atomic mass is 10.3. The van der Waals surface area contributed by atoms with Crippen LogP contribution in [0.5, 0.6) is 5.75 Å². The van der Waals surface area contributed by atoms with Crippen LogP contribution in [0.15, 0.2) is 40.7 Å². The van der Waals surface area contributed by atoms with Gasteiger partial charge in [-0.05, 0) is 26.0 Å². The van der Waals surface area contributed by atoms with Gasteiger partial charge in [0.05, 0.1) is 13.1 Å². The molecule has 1 heterocycles. The SMILES string of the molecule is CCNC(=NCc1nc(C(F)(F)F)cs1)NCC(C)Oc1ccccc1.I. The number of thiazole rings is 1. The van der Waals surface area contributed by atoms with Crippen LogP contribution in [-0.4, -0.2) is 30.1 Å².